The fourth-order valence-corrected chi connectivity index (χ4v) is 3.43. The highest BCUT2D eigenvalue weighted by Crippen LogP contribution is 2.34. The summed E-state index contributed by atoms with van der Waals surface area (Å²) in [6, 6.07) is 0. The summed E-state index contributed by atoms with van der Waals surface area (Å²) in [5.41, 5.74) is 3.89. The zero-order valence-electron chi connectivity index (χ0n) is 10.3. The number of nitrogens with one attached hydrogen (secondary N) is 1. The molecule has 92 valence electrons. The van der Waals surface area contributed by atoms with Gasteiger partial charge in [-0.2, -0.15) is 0 Å². The molecule has 0 aromatic carbocycles. The van der Waals surface area contributed by atoms with Gasteiger partial charge in [0.15, 0.2) is 5.82 Å². The maximum Gasteiger partial charge on any atom is 0.182 e. The Morgan fingerprint density at radius 3 is 2.72 bits per heavy atom. The highest BCUT2D eigenvalue weighted by molar-refractivity contribution is 7.18. The number of hydrogen-bond donors (Lipinski definition) is 1. The van der Waals surface area contributed by atoms with Gasteiger partial charge in [0.2, 0.25) is 0 Å². The van der Waals surface area contributed by atoms with E-state index in [9.17, 15) is 0 Å². The van der Waals surface area contributed by atoms with Crippen LogP contribution in [-0.2, 0) is 0 Å². The molecule has 0 spiro atoms. The summed E-state index contributed by atoms with van der Waals surface area (Å²) in [4.78, 5) is 15.8. The molecule has 3 rings (SSSR count). The third kappa shape index (κ3) is 1.69. The maximum atomic E-state index is 4.62. The number of aryl methyl sites for hydroxylation is 2. The average Bonchev–Trinajstić information content (AvgIpc) is 2.98. The first-order valence-electron chi connectivity index (χ1n) is 5.54. The van der Waals surface area contributed by atoms with Crippen LogP contribution in [0.2, 0.25) is 0 Å². The lowest BCUT2D eigenvalue weighted by Crippen LogP contribution is -1.98. The summed E-state index contributed by atoms with van der Waals surface area (Å²) in [6.45, 7) is 4.23. The van der Waals surface area contributed by atoms with Crippen LogP contribution in [0.25, 0.3) is 21.7 Å². The van der Waals surface area contributed by atoms with Crippen molar-refractivity contribution in [1.29, 1.82) is 0 Å². The summed E-state index contributed by atoms with van der Waals surface area (Å²) in [6.07, 6.45) is 0. The van der Waals surface area contributed by atoms with Gasteiger partial charge in [0.1, 0.15) is 16.3 Å². The van der Waals surface area contributed by atoms with E-state index in [0.29, 0.717) is 5.82 Å². The predicted molar refractivity (Wildman–Crippen MR) is 77.5 cm³/mol. The summed E-state index contributed by atoms with van der Waals surface area (Å²) < 4.78 is 0. The molecule has 3 aromatic heterocycles. The second-order valence-corrected chi connectivity index (χ2v) is 5.90. The Balaban J connectivity index is 2.32. The number of hydrogen-bond acceptors (Lipinski definition) is 6. The van der Waals surface area contributed by atoms with Crippen LogP contribution in [-0.4, -0.2) is 22.0 Å². The van der Waals surface area contributed by atoms with Gasteiger partial charge in [0.25, 0.3) is 0 Å². The fourth-order valence-electron chi connectivity index (χ4n) is 1.87. The van der Waals surface area contributed by atoms with E-state index in [1.54, 1.807) is 28.2 Å². The lowest BCUT2D eigenvalue weighted by Gasteiger charge is -2.04. The third-order valence-electron chi connectivity index (χ3n) is 2.93. The number of nitrogens with zero attached hydrogens (tertiary/aromatic N) is 3. The van der Waals surface area contributed by atoms with E-state index in [-0.39, 0.29) is 0 Å². The van der Waals surface area contributed by atoms with Gasteiger partial charge in [0, 0.05) is 17.3 Å². The molecule has 0 amide bonds. The quantitative estimate of drug-likeness (QED) is 0.778. The molecule has 0 atom stereocenters. The van der Waals surface area contributed by atoms with Crippen LogP contribution >= 0.6 is 22.7 Å². The highest BCUT2D eigenvalue weighted by atomic mass is 32.1. The Bertz CT molecular complexity index is 701. The molecule has 0 aliphatic heterocycles. The van der Waals surface area contributed by atoms with Crippen LogP contribution in [0.1, 0.15) is 10.4 Å². The van der Waals surface area contributed by atoms with Crippen molar-refractivity contribution in [1.82, 2.24) is 15.0 Å². The van der Waals surface area contributed by atoms with Crippen LogP contribution in [0, 0.1) is 13.8 Å². The molecule has 0 aliphatic rings. The fraction of sp³-hybridized carbons (Fsp3) is 0.250. The van der Waals surface area contributed by atoms with Gasteiger partial charge in [-0.3, -0.25) is 0 Å². The lowest BCUT2D eigenvalue weighted by molar-refractivity contribution is 1.19. The molecular formula is C12H12N4S2. The molecule has 0 aliphatic carbocycles. The molecule has 0 fully saturated rings. The smallest absolute Gasteiger partial charge is 0.182 e. The monoisotopic (exact) mass is 276 g/mol. The topological polar surface area (TPSA) is 50.7 Å². The number of thiophene rings is 1. The van der Waals surface area contributed by atoms with Crippen LogP contribution in [0.5, 0.6) is 0 Å². The molecule has 4 nitrogen and oxygen atoms in total. The number of anilines is 1. The van der Waals surface area contributed by atoms with E-state index >= 15 is 0 Å². The van der Waals surface area contributed by atoms with Gasteiger partial charge in [0.05, 0.1) is 10.9 Å². The zero-order valence-corrected chi connectivity index (χ0v) is 11.9. The Morgan fingerprint density at radius 1 is 1.22 bits per heavy atom. The minimum atomic E-state index is 0.689. The van der Waals surface area contributed by atoms with Gasteiger partial charge in [-0.1, -0.05) is 0 Å². The van der Waals surface area contributed by atoms with E-state index in [1.807, 2.05) is 12.4 Å². The molecule has 0 radical (unpaired) electrons. The van der Waals surface area contributed by atoms with Gasteiger partial charge in [-0.05, 0) is 19.4 Å². The molecule has 1 N–H and O–H groups in total. The minimum Gasteiger partial charge on any atom is -0.372 e. The molecule has 18 heavy (non-hydrogen) atoms. The first kappa shape index (κ1) is 11.6. The Labute approximate surface area is 113 Å². The lowest BCUT2D eigenvalue weighted by atomic mass is 10.2. The minimum absolute atomic E-state index is 0.689. The van der Waals surface area contributed by atoms with E-state index in [1.165, 1.54) is 10.4 Å². The van der Waals surface area contributed by atoms with E-state index in [2.05, 4.69) is 34.1 Å². The van der Waals surface area contributed by atoms with E-state index in [0.717, 1.165) is 21.7 Å². The Morgan fingerprint density at radius 2 is 2.06 bits per heavy atom. The SMILES string of the molecule is CNc1nc(-c2cscn2)nc2sc(C)c(C)c12. The van der Waals surface area contributed by atoms with Crippen molar-refractivity contribution >= 4 is 38.7 Å². The maximum absolute atomic E-state index is 4.62. The molecule has 3 aromatic rings. The zero-order chi connectivity index (χ0) is 12.7. The van der Waals surface area contributed by atoms with Crippen molar-refractivity contribution in [2.45, 2.75) is 13.8 Å². The number of fused-ring (bicyclic) bond motifs is 1. The van der Waals surface area contributed by atoms with Crippen molar-refractivity contribution in [3.63, 3.8) is 0 Å². The van der Waals surface area contributed by atoms with Crippen LogP contribution in [0.15, 0.2) is 10.9 Å². The number of thiazole rings is 1. The first-order chi connectivity index (χ1) is 8.70. The standard InChI is InChI=1S/C12H12N4S2/c1-6-7(2)18-12-9(6)11(13-3)15-10(16-12)8-4-17-5-14-8/h4-5H,1-3H3,(H,13,15,16). The average molecular weight is 276 g/mol. The summed E-state index contributed by atoms with van der Waals surface area (Å²) in [5.74, 6) is 1.57. The summed E-state index contributed by atoms with van der Waals surface area (Å²) >= 11 is 3.26. The molecule has 0 saturated carbocycles. The van der Waals surface area contributed by atoms with E-state index in [4.69, 9.17) is 0 Å². The van der Waals surface area contributed by atoms with Crippen molar-refractivity contribution < 1.29 is 0 Å². The Kier molecular flexibility index (Phi) is 2.76. The molecule has 0 unspecified atom stereocenters. The molecule has 6 heteroatoms. The van der Waals surface area contributed by atoms with Crippen LogP contribution in [0.3, 0.4) is 0 Å². The predicted octanol–water partition coefficient (Wildman–Crippen LogP) is 3.47. The summed E-state index contributed by atoms with van der Waals surface area (Å²) in [5, 5.41) is 6.25. The van der Waals surface area contributed by atoms with E-state index < -0.39 is 0 Å². The first-order valence-corrected chi connectivity index (χ1v) is 7.30. The largest absolute Gasteiger partial charge is 0.372 e. The van der Waals surface area contributed by atoms with Crippen LogP contribution < -0.4 is 5.32 Å². The van der Waals surface area contributed by atoms with Gasteiger partial charge in [-0.25, -0.2) is 15.0 Å². The second-order valence-electron chi connectivity index (χ2n) is 3.98. The van der Waals surface area contributed by atoms with Gasteiger partial charge >= 0.3 is 0 Å². The number of rotatable bonds is 2. The van der Waals surface area contributed by atoms with Gasteiger partial charge < -0.3 is 5.32 Å². The molecule has 0 saturated heterocycles. The summed E-state index contributed by atoms with van der Waals surface area (Å²) in [7, 11) is 1.89. The normalized spacial score (nSPS) is 11.1. The Hall–Kier alpha value is -1.53. The number of aromatic nitrogens is 3. The van der Waals surface area contributed by atoms with Crippen molar-refractivity contribution in [3.05, 3.63) is 21.3 Å². The molecular weight excluding hydrogens is 264 g/mol. The van der Waals surface area contributed by atoms with Crippen molar-refractivity contribution in [3.8, 4) is 11.5 Å². The van der Waals surface area contributed by atoms with Crippen molar-refractivity contribution in [2.75, 3.05) is 12.4 Å². The van der Waals surface area contributed by atoms with Crippen molar-refractivity contribution in [2.24, 2.45) is 0 Å². The second kappa shape index (κ2) is 4.29. The highest BCUT2D eigenvalue weighted by Gasteiger charge is 2.15. The molecule has 0 bridgehead atoms. The van der Waals surface area contributed by atoms with Gasteiger partial charge in [-0.15, -0.1) is 22.7 Å². The molecule has 3 heterocycles. The van der Waals surface area contributed by atoms with Crippen LogP contribution in [0.4, 0.5) is 5.82 Å². The third-order valence-corrected chi connectivity index (χ3v) is 4.61.